The Bertz CT molecular complexity index is 2480. The molecule has 11 heteroatoms. The monoisotopic (exact) mass is 776 g/mol. The summed E-state index contributed by atoms with van der Waals surface area (Å²) in [4.78, 5) is 53.7. The fraction of sp³-hybridized carbons (Fsp3) is 0.348. The summed E-state index contributed by atoms with van der Waals surface area (Å²) in [7, 11) is 0. The molecule has 1 aromatic heterocycles. The Balaban J connectivity index is 0.789. The third-order valence-corrected chi connectivity index (χ3v) is 12.1. The second-order valence-electron chi connectivity index (χ2n) is 15.5. The van der Waals surface area contributed by atoms with Gasteiger partial charge in [-0.15, -0.1) is 0 Å². The number of piperidine rings is 1. The first-order chi connectivity index (χ1) is 27.5. The van der Waals surface area contributed by atoms with Gasteiger partial charge in [0.25, 0.3) is 5.91 Å². The lowest BCUT2D eigenvalue weighted by molar-refractivity contribution is -0.142. The first-order valence-corrected chi connectivity index (χ1v) is 19.8. The molecule has 0 radical (unpaired) electrons. The standard InChI is InChI=1S/C46H41ClN6O4/c1-28-29(2)53(50-43(28)36-16-17-37(23-48)40(47)22-36)26-33-8-5-30(6-9-33)3-4-31-11-14-35(15-12-31)45(56)51-24-34(25-51)10-7-32-13-18-39-38(21-32)27-52(46(39)57)41-19-20-42(54)49-44(41)55/h5-6,8-9,13,16-18,21-22,31,34-35,41H,11-12,14-15,19-20,24-27H2,1-2H3,(H,49,54,55). The molecule has 3 fully saturated rings. The first kappa shape index (κ1) is 37.8. The van der Waals surface area contributed by atoms with E-state index >= 15 is 0 Å². The van der Waals surface area contributed by atoms with Gasteiger partial charge in [0.1, 0.15) is 12.1 Å². The molecule has 286 valence electrons. The zero-order valence-corrected chi connectivity index (χ0v) is 32.7. The van der Waals surface area contributed by atoms with E-state index in [0.717, 1.165) is 70.5 Å². The number of nitrogens with zero attached hydrogens (tertiary/aromatic N) is 5. The van der Waals surface area contributed by atoms with Gasteiger partial charge in [0.15, 0.2) is 0 Å². The average molecular weight is 777 g/mol. The van der Waals surface area contributed by atoms with Crippen LogP contribution in [0.15, 0.2) is 60.7 Å². The smallest absolute Gasteiger partial charge is 0.255 e. The van der Waals surface area contributed by atoms with Gasteiger partial charge in [-0.3, -0.25) is 29.2 Å². The second kappa shape index (κ2) is 15.8. The lowest BCUT2D eigenvalue weighted by Crippen LogP contribution is -2.52. The zero-order valence-electron chi connectivity index (χ0n) is 31.9. The number of hydrogen-bond acceptors (Lipinski definition) is 6. The number of halogens is 1. The predicted octanol–water partition coefficient (Wildman–Crippen LogP) is 6.17. The Labute approximate surface area is 337 Å². The van der Waals surface area contributed by atoms with E-state index in [9.17, 15) is 24.4 Å². The van der Waals surface area contributed by atoms with Gasteiger partial charge >= 0.3 is 0 Å². The molecule has 3 aromatic carbocycles. The molecule has 1 atom stereocenters. The molecule has 8 rings (SSSR count). The molecule has 1 aliphatic carbocycles. The SMILES string of the molecule is Cc1c(-c2ccc(C#N)c(Cl)c2)nn(Cc2ccc(C#CC3CCC(C(=O)N4CC(C#Cc5ccc6c(c5)CN(C5CCC(=O)NC5=O)C6=O)C4)CC3)cc2)c1C. The van der Waals surface area contributed by atoms with Crippen molar-refractivity contribution in [3.8, 4) is 41.0 Å². The van der Waals surface area contributed by atoms with E-state index < -0.39 is 11.9 Å². The summed E-state index contributed by atoms with van der Waals surface area (Å²) in [6.07, 6.45) is 4.05. The van der Waals surface area contributed by atoms with Crippen LogP contribution in [0, 0.1) is 66.6 Å². The summed E-state index contributed by atoms with van der Waals surface area (Å²) < 4.78 is 1.99. The average Bonchev–Trinajstić information content (AvgIpc) is 3.67. The minimum atomic E-state index is -0.642. The number of nitrogens with one attached hydrogen (secondary N) is 1. The van der Waals surface area contributed by atoms with Crippen LogP contribution in [0.3, 0.4) is 0 Å². The van der Waals surface area contributed by atoms with Crippen LogP contribution in [0.1, 0.15) is 88.0 Å². The van der Waals surface area contributed by atoms with Crippen LogP contribution in [0.25, 0.3) is 11.3 Å². The number of nitriles is 1. The van der Waals surface area contributed by atoms with Gasteiger partial charge in [0, 0.05) is 65.8 Å². The molecule has 3 aliphatic heterocycles. The van der Waals surface area contributed by atoms with E-state index in [0.29, 0.717) is 48.7 Å². The van der Waals surface area contributed by atoms with Gasteiger partial charge in [-0.1, -0.05) is 53.5 Å². The molecular weight excluding hydrogens is 736 g/mol. The van der Waals surface area contributed by atoms with Gasteiger partial charge in [0.2, 0.25) is 17.7 Å². The fourth-order valence-corrected chi connectivity index (χ4v) is 8.42. The normalized spacial score (nSPS) is 20.4. The Morgan fingerprint density at radius 2 is 1.61 bits per heavy atom. The molecular formula is C46H41ClN6O4. The van der Waals surface area contributed by atoms with Crippen molar-refractivity contribution in [2.45, 2.75) is 71.5 Å². The minimum absolute atomic E-state index is 0.0293. The summed E-state index contributed by atoms with van der Waals surface area (Å²) in [6.45, 7) is 6.30. The van der Waals surface area contributed by atoms with Crippen molar-refractivity contribution in [1.29, 1.82) is 5.26 Å². The molecule has 0 bridgehead atoms. The third kappa shape index (κ3) is 7.82. The van der Waals surface area contributed by atoms with E-state index in [1.165, 1.54) is 4.90 Å². The van der Waals surface area contributed by atoms with Crippen LogP contribution < -0.4 is 5.32 Å². The molecule has 1 N–H and O–H groups in total. The topological polar surface area (TPSA) is 128 Å². The Morgan fingerprint density at radius 3 is 2.33 bits per heavy atom. The van der Waals surface area contributed by atoms with Crippen LogP contribution in [0.5, 0.6) is 0 Å². The van der Waals surface area contributed by atoms with Gasteiger partial charge in [-0.25, -0.2) is 0 Å². The van der Waals surface area contributed by atoms with Crippen molar-refractivity contribution in [3.05, 3.63) is 110 Å². The molecule has 0 spiro atoms. The lowest BCUT2D eigenvalue weighted by Gasteiger charge is -2.39. The van der Waals surface area contributed by atoms with Gasteiger partial charge < -0.3 is 9.80 Å². The number of benzene rings is 3. The number of hydrogen-bond donors (Lipinski definition) is 1. The molecule has 57 heavy (non-hydrogen) atoms. The van der Waals surface area contributed by atoms with Crippen LogP contribution in [-0.4, -0.2) is 62.3 Å². The van der Waals surface area contributed by atoms with Gasteiger partial charge in [-0.2, -0.15) is 10.4 Å². The maximum atomic E-state index is 13.3. The molecule has 4 aliphatic rings. The second-order valence-corrected chi connectivity index (χ2v) is 15.9. The van der Waals surface area contributed by atoms with E-state index in [1.807, 2.05) is 34.7 Å². The highest BCUT2D eigenvalue weighted by atomic mass is 35.5. The Hall–Kier alpha value is -6.15. The summed E-state index contributed by atoms with van der Waals surface area (Å²) >= 11 is 6.29. The third-order valence-electron chi connectivity index (χ3n) is 11.8. The maximum Gasteiger partial charge on any atom is 0.255 e. The first-order valence-electron chi connectivity index (χ1n) is 19.5. The predicted molar refractivity (Wildman–Crippen MR) is 214 cm³/mol. The van der Waals surface area contributed by atoms with Crippen molar-refractivity contribution in [2.75, 3.05) is 13.1 Å². The number of amides is 4. The molecule has 10 nitrogen and oxygen atoms in total. The number of fused-ring (bicyclic) bond motifs is 1. The Kier molecular flexibility index (Phi) is 10.4. The van der Waals surface area contributed by atoms with Crippen molar-refractivity contribution >= 4 is 35.2 Å². The highest BCUT2D eigenvalue weighted by Gasteiger charge is 2.39. The molecule has 4 heterocycles. The zero-order chi connectivity index (χ0) is 39.8. The minimum Gasteiger partial charge on any atom is -0.340 e. The molecule has 1 saturated carbocycles. The van der Waals surface area contributed by atoms with Gasteiger partial charge in [0.05, 0.1) is 28.7 Å². The number of carbonyl (C=O) groups is 4. The molecule has 1 unspecified atom stereocenters. The van der Waals surface area contributed by atoms with Crippen molar-refractivity contribution in [2.24, 2.45) is 17.8 Å². The van der Waals surface area contributed by atoms with E-state index in [1.54, 1.807) is 18.2 Å². The Morgan fingerprint density at radius 1 is 0.895 bits per heavy atom. The van der Waals surface area contributed by atoms with Crippen molar-refractivity contribution < 1.29 is 19.2 Å². The van der Waals surface area contributed by atoms with E-state index in [-0.39, 0.29) is 41.9 Å². The molecule has 4 aromatic rings. The summed E-state index contributed by atoms with van der Waals surface area (Å²) in [5.41, 5.74) is 8.61. The number of imide groups is 1. The van der Waals surface area contributed by atoms with Gasteiger partial charge in [-0.05, 0) is 105 Å². The van der Waals surface area contributed by atoms with E-state index in [2.05, 4.69) is 66.3 Å². The quantitative estimate of drug-likeness (QED) is 0.191. The molecule has 2 saturated heterocycles. The van der Waals surface area contributed by atoms with Crippen LogP contribution in [0.2, 0.25) is 5.02 Å². The summed E-state index contributed by atoms with van der Waals surface area (Å²) in [5.74, 6) is 13.1. The van der Waals surface area contributed by atoms with Crippen molar-refractivity contribution in [1.82, 2.24) is 24.9 Å². The van der Waals surface area contributed by atoms with Crippen LogP contribution in [0.4, 0.5) is 0 Å². The number of likely N-dealkylation sites (tertiary alicyclic amines) is 1. The number of aromatic nitrogens is 2. The molecule has 4 amide bonds. The lowest BCUT2D eigenvalue weighted by atomic mass is 9.81. The number of rotatable bonds is 5. The van der Waals surface area contributed by atoms with Crippen LogP contribution in [-0.2, 0) is 27.5 Å². The van der Waals surface area contributed by atoms with E-state index in [4.69, 9.17) is 16.7 Å². The van der Waals surface area contributed by atoms with Crippen LogP contribution >= 0.6 is 11.6 Å². The summed E-state index contributed by atoms with van der Waals surface area (Å²) in [6, 6.07) is 20.6. The highest BCUT2D eigenvalue weighted by Crippen LogP contribution is 2.33. The highest BCUT2D eigenvalue weighted by molar-refractivity contribution is 6.32. The maximum absolute atomic E-state index is 13.3. The van der Waals surface area contributed by atoms with Crippen molar-refractivity contribution in [3.63, 3.8) is 0 Å². The summed E-state index contributed by atoms with van der Waals surface area (Å²) in [5, 5.41) is 16.8. The largest absolute Gasteiger partial charge is 0.340 e. The fourth-order valence-electron chi connectivity index (χ4n) is 8.20. The number of carbonyl (C=O) groups excluding carboxylic acids is 4.